The van der Waals surface area contributed by atoms with E-state index in [4.69, 9.17) is 18.9 Å². The lowest BCUT2D eigenvalue weighted by Gasteiger charge is -2.31. The van der Waals surface area contributed by atoms with E-state index < -0.39 is 5.60 Å². The largest absolute Gasteiger partial charge is 0.487 e. The molecule has 2 amide bonds. The Morgan fingerprint density at radius 2 is 1.84 bits per heavy atom. The molecule has 3 heterocycles. The van der Waals surface area contributed by atoms with Crippen LogP contribution in [0.15, 0.2) is 18.2 Å². The smallest absolute Gasteiger partial charge is 0.315 e. The Kier molecular flexibility index (Phi) is 5.75. The zero-order valence-electron chi connectivity index (χ0n) is 18.7. The Morgan fingerprint density at radius 3 is 2.66 bits per heavy atom. The molecule has 32 heavy (non-hydrogen) atoms. The minimum Gasteiger partial charge on any atom is -0.487 e. The van der Waals surface area contributed by atoms with E-state index in [1.54, 1.807) is 12.1 Å². The standard InChI is InChI=1S/C24H32N2O6/c1-24(2)11-18(27)16-10-15(8-9-19(16)32-24)31-20-13-30-21-17(12-29-22(20)21)26-23(28)25-14-6-4-3-5-7-14/h8-10,14,17,20-22H,3-7,11-13H2,1-2H3,(H2,25,26,28)/t17-,20-,21+,22+/m0/s1. The number of benzene rings is 1. The number of amides is 2. The highest BCUT2D eigenvalue weighted by molar-refractivity contribution is 6.00. The Balaban J connectivity index is 1.18. The topological polar surface area (TPSA) is 95.1 Å². The van der Waals surface area contributed by atoms with Crippen molar-refractivity contribution in [1.82, 2.24) is 10.6 Å². The second-order valence-corrected chi connectivity index (χ2v) is 9.93. The summed E-state index contributed by atoms with van der Waals surface area (Å²) in [7, 11) is 0. The maximum atomic E-state index is 12.5. The molecule has 5 rings (SSSR count). The molecule has 174 valence electrons. The van der Waals surface area contributed by atoms with Crippen molar-refractivity contribution in [3.63, 3.8) is 0 Å². The molecular weight excluding hydrogens is 412 g/mol. The fourth-order valence-electron chi connectivity index (χ4n) is 5.21. The summed E-state index contributed by atoms with van der Waals surface area (Å²) in [5.41, 5.74) is 0.0469. The molecule has 1 aromatic rings. The van der Waals surface area contributed by atoms with Gasteiger partial charge in [0.05, 0.1) is 31.2 Å². The zero-order chi connectivity index (χ0) is 22.3. The van der Waals surface area contributed by atoms with Crippen LogP contribution in [-0.4, -0.2) is 61.0 Å². The van der Waals surface area contributed by atoms with Crippen molar-refractivity contribution in [2.24, 2.45) is 0 Å². The molecule has 4 atom stereocenters. The SMILES string of the molecule is CC1(C)CC(=O)c2cc(O[C@H]3CO[C@H]4[C@@H]3OC[C@@H]4NC(=O)NC3CCCCC3)ccc2O1. The third-order valence-electron chi connectivity index (χ3n) is 6.78. The van der Waals surface area contributed by atoms with Crippen molar-refractivity contribution in [1.29, 1.82) is 0 Å². The van der Waals surface area contributed by atoms with E-state index >= 15 is 0 Å². The van der Waals surface area contributed by atoms with Gasteiger partial charge in [-0.1, -0.05) is 19.3 Å². The van der Waals surface area contributed by atoms with Crippen molar-refractivity contribution in [2.75, 3.05) is 13.2 Å². The number of carbonyl (C=O) groups is 2. The summed E-state index contributed by atoms with van der Waals surface area (Å²) in [6.45, 7) is 4.57. The molecule has 1 saturated carbocycles. The number of nitrogens with one attached hydrogen (secondary N) is 2. The highest BCUT2D eigenvalue weighted by atomic mass is 16.6. The summed E-state index contributed by atoms with van der Waals surface area (Å²) in [5, 5.41) is 6.10. The fraction of sp³-hybridized carbons (Fsp3) is 0.667. The number of hydrogen-bond acceptors (Lipinski definition) is 6. The molecule has 0 spiro atoms. The molecule has 3 aliphatic heterocycles. The Hall–Kier alpha value is -2.32. The Labute approximate surface area is 188 Å². The molecule has 0 radical (unpaired) electrons. The maximum absolute atomic E-state index is 12.5. The van der Waals surface area contributed by atoms with Crippen LogP contribution in [-0.2, 0) is 9.47 Å². The molecule has 2 saturated heterocycles. The first-order valence-corrected chi connectivity index (χ1v) is 11.7. The first-order valence-electron chi connectivity index (χ1n) is 11.7. The van der Waals surface area contributed by atoms with E-state index in [9.17, 15) is 9.59 Å². The van der Waals surface area contributed by atoms with Gasteiger partial charge in [-0.25, -0.2) is 4.79 Å². The van der Waals surface area contributed by atoms with E-state index in [2.05, 4.69) is 10.6 Å². The third-order valence-corrected chi connectivity index (χ3v) is 6.78. The molecule has 8 heteroatoms. The second-order valence-electron chi connectivity index (χ2n) is 9.93. The van der Waals surface area contributed by atoms with Gasteiger partial charge < -0.3 is 29.6 Å². The minimum atomic E-state index is -0.498. The van der Waals surface area contributed by atoms with Crippen molar-refractivity contribution in [3.8, 4) is 11.5 Å². The normalized spacial score (nSPS) is 31.4. The fourth-order valence-corrected chi connectivity index (χ4v) is 5.21. The van der Waals surface area contributed by atoms with Crippen LogP contribution in [0.5, 0.6) is 11.5 Å². The third kappa shape index (κ3) is 4.43. The second kappa shape index (κ2) is 8.56. The number of hydrogen-bond donors (Lipinski definition) is 2. The van der Waals surface area contributed by atoms with Gasteiger partial charge >= 0.3 is 6.03 Å². The summed E-state index contributed by atoms with van der Waals surface area (Å²) < 4.78 is 23.9. The lowest BCUT2D eigenvalue weighted by molar-refractivity contribution is 0.0300. The van der Waals surface area contributed by atoms with Gasteiger partial charge in [0.2, 0.25) is 0 Å². The number of ether oxygens (including phenoxy) is 4. The molecule has 1 aliphatic carbocycles. The summed E-state index contributed by atoms with van der Waals surface area (Å²) >= 11 is 0. The van der Waals surface area contributed by atoms with Gasteiger partial charge in [-0.05, 0) is 44.9 Å². The molecule has 0 unspecified atom stereocenters. The maximum Gasteiger partial charge on any atom is 0.315 e. The van der Waals surface area contributed by atoms with Crippen LogP contribution >= 0.6 is 0 Å². The number of rotatable bonds is 4. The molecular formula is C24H32N2O6. The average Bonchev–Trinajstić information content (AvgIpc) is 3.32. The zero-order valence-corrected chi connectivity index (χ0v) is 18.7. The minimum absolute atomic E-state index is 0.0487. The lowest BCUT2D eigenvalue weighted by Crippen LogP contribution is -2.51. The predicted octanol–water partition coefficient (Wildman–Crippen LogP) is 2.98. The number of urea groups is 1. The predicted molar refractivity (Wildman–Crippen MR) is 116 cm³/mol. The van der Waals surface area contributed by atoms with Crippen LogP contribution in [0.3, 0.4) is 0 Å². The van der Waals surface area contributed by atoms with Crippen molar-refractivity contribution < 1.29 is 28.5 Å². The molecule has 1 aromatic carbocycles. The van der Waals surface area contributed by atoms with E-state index in [0.717, 1.165) is 12.8 Å². The summed E-state index contributed by atoms with van der Waals surface area (Å²) in [6.07, 6.45) is 5.18. The van der Waals surface area contributed by atoms with Gasteiger partial charge in [0.1, 0.15) is 29.3 Å². The van der Waals surface area contributed by atoms with Crippen LogP contribution in [0.2, 0.25) is 0 Å². The molecule has 0 bridgehead atoms. The van der Waals surface area contributed by atoms with Gasteiger partial charge in [-0.15, -0.1) is 0 Å². The van der Waals surface area contributed by atoms with Gasteiger partial charge in [0.25, 0.3) is 0 Å². The Bertz CT molecular complexity index is 881. The number of Topliss-reactive ketones (excluding diaryl/α,β-unsaturated/α-hetero) is 1. The molecule has 4 aliphatic rings. The van der Waals surface area contributed by atoms with Crippen LogP contribution < -0.4 is 20.1 Å². The van der Waals surface area contributed by atoms with Crippen LogP contribution in [0.25, 0.3) is 0 Å². The van der Waals surface area contributed by atoms with Crippen molar-refractivity contribution >= 4 is 11.8 Å². The molecule has 3 fully saturated rings. The van der Waals surface area contributed by atoms with E-state index in [1.165, 1.54) is 19.3 Å². The first-order chi connectivity index (χ1) is 15.4. The van der Waals surface area contributed by atoms with Crippen LogP contribution in [0.1, 0.15) is 62.7 Å². The van der Waals surface area contributed by atoms with E-state index in [0.29, 0.717) is 36.7 Å². The number of ketones is 1. The molecule has 2 N–H and O–H groups in total. The monoisotopic (exact) mass is 444 g/mol. The van der Waals surface area contributed by atoms with Gasteiger partial charge in [-0.3, -0.25) is 4.79 Å². The first kappa shape index (κ1) is 21.5. The van der Waals surface area contributed by atoms with Crippen LogP contribution in [0, 0.1) is 0 Å². The quantitative estimate of drug-likeness (QED) is 0.742. The molecule has 0 aromatic heterocycles. The van der Waals surface area contributed by atoms with Crippen molar-refractivity contribution in [2.45, 2.75) is 88.4 Å². The highest BCUT2D eigenvalue weighted by Gasteiger charge is 2.49. The van der Waals surface area contributed by atoms with Gasteiger partial charge in [0, 0.05) is 6.04 Å². The summed E-state index contributed by atoms with van der Waals surface area (Å²) in [4.78, 5) is 25.0. The van der Waals surface area contributed by atoms with E-state index in [-0.39, 0.29) is 42.2 Å². The number of fused-ring (bicyclic) bond motifs is 2. The number of carbonyl (C=O) groups excluding carboxylic acids is 2. The highest BCUT2D eigenvalue weighted by Crippen LogP contribution is 2.36. The summed E-state index contributed by atoms with van der Waals surface area (Å²) in [6, 6.07) is 5.22. The van der Waals surface area contributed by atoms with Crippen molar-refractivity contribution in [3.05, 3.63) is 23.8 Å². The summed E-state index contributed by atoms with van der Waals surface area (Å²) in [5.74, 6) is 1.22. The lowest BCUT2D eigenvalue weighted by atomic mass is 9.93. The Morgan fingerprint density at radius 1 is 1.06 bits per heavy atom. The average molecular weight is 445 g/mol. The van der Waals surface area contributed by atoms with Gasteiger partial charge in [0.15, 0.2) is 11.9 Å². The van der Waals surface area contributed by atoms with E-state index in [1.807, 2.05) is 19.9 Å². The van der Waals surface area contributed by atoms with Gasteiger partial charge in [-0.2, -0.15) is 0 Å². The molecule has 8 nitrogen and oxygen atoms in total. The van der Waals surface area contributed by atoms with Crippen LogP contribution in [0.4, 0.5) is 4.79 Å².